The third-order valence-corrected chi connectivity index (χ3v) is 4.48. The number of ether oxygens (including phenoxy) is 2. The number of carbonyl (C=O) groups excluding carboxylic acids is 1. The van der Waals surface area contributed by atoms with Crippen molar-refractivity contribution in [2.24, 2.45) is 0 Å². The smallest absolute Gasteiger partial charge is 0.271 e. The number of benzene rings is 2. The Morgan fingerprint density at radius 2 is 2.10 bits per heavy atom. The summed E-state index contributed by atoms with van der Waals surface area (Å²) in [5.41, 5.74) is 0.495. The molecule has 156 valence electrons. The zero-order valence-corrected chi connectivity index (χ0v) is 18.8. The Bertz CT molecular complexity index is 1030. The molecule has 0 saturated heterocycles. The topological polar surface area (TPSA) is 114 Å². The van der Waals surface area contributed by atoms with Gasteiger partial charge in [0.1, 0.15) is 11.6 Å². The molecule has 0 spiro atoms. The lowest BCUT2D eigenvalue weighted by atomic mass is 10.1. The summed E-state index contributed by atoms with van der Waals surface area (Å²) in [7, 11) is 0. The highest BCUT2D eigenvalue weighted by molar-refractivity contribution is 14.1. The molecule has 2 aromatic rings. The lowest BCUT2D eigenvalue weighted by Gasteiger charge is -2.17. The van der Waals surface area contributed by atoms with Crippen LogP contribution in [0.3, 0.4) is 0 Å². The van der Waals surface area contributed by atoms with Gasteiger partial charge in [-0.05, 0) is 73.2 Å². The second-order valence-electron chi connectivity index (χ2n) is 6.36. The van der Waals surface area contributed by atoms with Crippen LogP contribution in [0.2, 0.25) is 0 Å². The molecule has 1 N–H and O–H groups in total. The van der Waals surface area contributed by atoms with Crippen LogP contribution >= 0.6 is 22.6 Å². The molecule has 2 aromatic carbocycles. The van der Waals surface area contributed by atoms with Crippen LogP contribution in [-0.2, 0) is 4.79 Å². The fourth-order valence-corrected chi connectivity index (χ4v) is 3.25. The van der Waals surface area contributed by atoms with E-state index in [1.807, 2.05) is 26.8 Å². The molecule has 8 nitrogen and oxygen atoms in total. The number of anilines is 1. The van der Waals surface area contributed by atoms with Crippen LogP contribution in [0, 0.1) is 25.0 Å². The Labute approximate surface area is 187 Å². The van der Waals surface area contributed by atoms with E-state index >= 15 is 0 Å². The van der Waals surface area contributed by atoms with Gasteiger partial charge < -0.3 is 14.8 Å². The van der Waals surface area contributed by atoms with Crippen LogP contribution in [0.15, 0.2) is 42.0 Å². The average molecular weight is 521 g/mol. The highest BCUT2D eigenvalue weighted by atomic mass is 127. The van der Waals surface area contributed by atoms with Gasteiger partial charge in [-0.15, -0.1) is 0 Å². The number of amides is 1. The summed E-state index contributed by atoms with van der Waals surface area (Å²) in [6, 6.07) is 10.8. The van der Waals surface area contributed by atoms with E-state index in [9.17, 15) is 20.2 Å². The predicted octanol–water partition coefficient (Wildman–Crippen LogP) is 4.93. The first-order chi connectivity index (χ1) is 14.2. The Morgan fingerprint density at radius 3 is 2.70 bits per heavy atom. The molecule has 0 aliphatic heterocycles. The Balaban J connectivity index is 2.34. The Morgan fingerprint density at radius 1 is 1.37 bits per heavy atom. The van der Waals surface area contributed by atoms with E-state index in [0.29, 0.717) is 23.7 Å². The number of nitrogens with zero attached hydrogens (tertiary/aromatic N) is 2. The third-order valence-electron chi connectivity index (χ3n) is 3.68. The number of rotatable bonds is 8. The van der Waals surface area contributed by atoms with Crippen molar-refractivity contribution in [1.82, 2.24) is 0 Å². The third kappa shape index (κ3) is 6.18. The monoisotopic (exact) mass is 521 g/mol. The van der Waals surface area contributed by atoms with Crippen molar-refractivity contribution >= 4 is 45.9 Å². The summed E-state index contributed by atoms with van der Waals surface area (Å²) in [5, 5.41) is 22.8. The van der Waals surface area contributed by atoms with Crippen molar-refractivity contribution in [3.63, 3.8) is 0 Å². The van der Waals surface area contributed by atoms with Crippen LogP contribution in [0.4, 0.5) is 11.4 Å². The van der Waals surface area contributed by atoms with Crippen LogP contribution < -0.4 is 14.8 Å². The van der Waals surface area contributed by atoms with Crippen LogP contribution in [0.5, 0.6) is 11.5 Å². The summed E-state index contributed by atoms with van der Waals surface area (Å²) >= 11 is 2.11. The van der Waals surface area contributed by atoms with Gasteiger partial charge in [0.05, 0.1) is 21.2 Å². The molecule has 0 radical (unpaired) electrons. The molecular formula is C21H20IN3O5. The minimum absolute atomic E-state index is 0.0468. The van der Waals surface area contributed by atoms with E-state index in [1.54, 1.807) is 12.1 Å². The summed E-state index contributed by atoms with van der Waals surface area (Å²) in [6.07, 6.45) is 1.38. The van der Waals surface area contributed by atoms with Gasteiger partial charge in [0.25, 0.3) is 11.6 Å². The normalized spacial score (nSPS) is 11.0. The molecule has 0 fully saturated rings. The van der Waals surface area contributed by atoms with Crippen LogP contribution in [0.1, 0.15) is 26.3 Å². The molecule has 30 heavy (non-hydrogen) atoms. The summed E-state index contributed by atoms with van der Waals surface area (Å²) in [4.78, 5) is 22.8. The molecule has 0 saturated carbocycles. The van der Waals surface area contributed by atoms with Gasteiger partial charge in [-0.3, -0.25) is 14.9 Å². The standard InChI is InChI=1S/C21H20IN3O5/c1-4-29-19-10-14(9-18(22)20(19)30-13(2)3)8-15(12-23)21(26)24-16-6-5-7-17(11-16)25(27)28/h5-11,13H,4H2,1-3H3,(H,24,26)/b15-8+. The molecular weight excluding hydrogens is 501 g/mol. The zero-order chi connectivity index (χ0) is 22.3. The number of non-ortho nitro benzene ring substituents is 1. The second kappa shape index (κ2) is 10.6. The number of nitro groups is 1. The van der Waals surface area contributed by atoms with Crippen LogP contribution in [-0.4, -0.2) is 23.5 Å². The molecule has 0 bridgehead atoms. The van der Waals surface area contributed by atoms with Crippen molar-refractivity contribution in [2.45, 2.75) is 26.9 Å². The molecule has 0 aromatic heterocycles. The lowest BCUT2D eigenvalue weighted by molar-refractivity contribution is -0.384. The maximum absolute atomic E-state index is 12.5. The van der Waals surface area contributed by atoms with E-state index in [1.165, 1.54) is 30.3 Å². The molecule has 9 heteroatoms. The van der Waals surface area contributed by atoms with Gasteiger partial charge in [0, 0.05) is 17.8 Å². The SMILES string of the molecule is CCOc1cc(/C=C(\C#N)C(=O)Nc2cccc([N+](=O)[O-])c2)cc(I)c1OC(C)C. The maximum atomic E-state index is 12.5. The van der Waals surface area contributed by atoms with E-state index in [0.717, 1.165) is 3.57 Å². The van der Waals surface area contributed by atoms with Crippen molar-refractivity contribution in [3.05, 3.63) is 61.2 Å². The van der Waals surface area contributed by atoms with Crippen molar-refractivity contribution in [2.75, 3.05) is 11.9 Å². The van der Waals surface area contributed by atoms with Crippen molar-refractivity contribution < 1.29 is 19.2 Å². The lowest BCUT2D eigenvalue weighted by Crippen LogP contribution is -2.13. The molecule has 0 aliphatic carbocycles. The second-order valence-corrected chi connectivity index (χ2v) is 7.52. The Kier molecular flexibility index (Phi) is 8.17. The molecule has 0 aliphatic rings. The first-order valence-electron chi connectivity index (χ1n) is 9.05. The van der Waals surface area contributed by atoms with Gasteiger partial charge in [-0.2, -0.15) is 5.26 Å². The van der Waals surface area contributed by atoms with Gasteiger partial charge in [0.2, 0.25) is 0 Å². The van der Waals surface area contributed by atoms with Gasteiger partial charge in [-0.1, -0.05) is 6.07 Å². The highest BCUT2D eigenvalue weighted by Gasteiger charge is 2.16. The fourth-order valence-electron chi connectivity index (χ4n) is 2.50. The number of hydrogen-bond acceptors (Lipinski definition) is 6. The average Bonchev–Trinajstić information content (AvgIpc) is 2.68. The van der Waals surface area contributed by atoms with E-state index in [4.69, 9.17) is 9.47 Å². The zero-order valence-electron chi connectivity index (χ0n) is 16.6. The first-order valence-corrected chi connectivity index (χ1v) is 10.1. The van der Waals surface area contributed by atoms with Crippen LogP contribution in [0.25, 0.3) is 6.08 Å². The van der Waals surface area contributed by atoms with E-state index in [2.05, 4.69) is 27.9 Å². The number of hydrogen-bond donors (Lipinski definition) is 1. The maximum Gasteiger partial charge on any atom is 0.271 e. The van der Waals surface area contributed by atoms with E-state index in [-0.39, 0.29) is 23.1 Å². The summed E-state index contributed by atoms with van der Waals surface area (Å²) in [5.74, 6) is 0.443. The molecule has 1 amide bonds. The largest absolute Gasteiger partial charge is 0.490 e. The summed E-state index contributed by atoms with van der Waals surface area (Å²) < 4.78 is 12.3. The van der Waals surface area contributed by atoms with Crippen molar-refractivity contribution in [1.29, 1.82) is 5.26 Å². The number of carbonyl (C=O) groups is 1. The highest BCUT2D eigenvalue weighted by Crippen LogP contribution is 2.35. The first kappa shape index (κ1) is 23.2. The number of nitro benzene ring substituents is 1. The quantitative estimate of drug-likeness (QED) is 0.173. The minimum Gasteiger partial charge on any atom is -0.490 e. The number of halogens is 1. The number of nitriles is 1. The molecule has 0 atom stereocenters. The molecule has 0 heterocycles. The van der Waals surface area contributed by atoms with Gasteiger partial charge in [0.15, 0.2) is 11.5 Å². The van der Waals surface area contributed by atoms with Crippen molar-refractivity contribution in [3.8, 4) is 17.6 Å². The number of nitrogens with one attached hydrogen (secondary N) is 1. The predicted molar refractivity (Wildman–Crippen MR) is 121 cm³/mol. The van der Waals surface area contributed by atoms with E-state index < -0.39 is 10.8 Å². The molecule has 0 unspecified atom stereocenters. The fraction of sp³-hybridized carbons (Fsp3) is 0.238. The summed E-state index contributed by atoms with van der Waals surface area (Å²) in [6.45, 7) is 6.09. The molecule has 2 rings (SSSR count). The van der Waals surface area contributed by atoms with Gasteiger partial charge >= 0.3 is 0 Å². The Hall–Kier alpha value is -3.13. The minimum atomic E-state index is -0.673. The van der Waals surface area contributed by atoms with Gasteiger partial charge in [-0.25, -0.2) is 0 Å².